The summed E-state index contributed by atoms with van der Waals surface area (Å²) in [5.74, 6) is -7.63. The SMILES string of the molecule is CCCCCC1CCC(c2c(F)c(F)c(C(=O)O)c(F)c2-c2ccc(OC(F)(F)C(F)F)cc2)CC1. The summed E-state index contributed by atoms with van der Waals surface area (Å²) in [5, 5.41) is 9.28. The van der Waals surface area contributed by atoms with Crippen LogP contribution in [-0.4, -0.2) is 23.6 Å². The molecule has 0 heterocycles. The third-order valence-corrected chi connectivity index (χ3v) is 6.69. The number of rotatable bonds is 10. The van der Waals surface area contributed by atoms with E-state index in [-0.39, 0.29) is 11.1 Å². The van der Waals surface area contributed by atoms with E-state index in [1.165, 1.54) is 0 Å². The van der Waals surface area contributed by atoms with Crippen molar-refractivity contribution in [1.82, 2.24) is 0 Å². The molecule has 0 amide bonds. The molecule has 0 unspecified atom stereocenters. The Hall–Kier alpha value is -2.78. The molecule has 2 aromatic carbocycles. The van der Waals surface area contributed by atoms with Crippen LogP contribution >= 0.6 is 0 Å². The number of carboxylic acids is 1. The standard InChI is InChI=1S/C26H27F7O3/c1-2-3-4-5-14-6-8-15(9-7-14)19-18(21(27)20(24(34)35)23(29)22(19)28)16-10-12-17(13-11-16)36-26(32,33)25(30)31/h10-15,25H,2-9H2,1H3,(H,34,35). The van der Waals surface area contributed by atoms with Crippen molar-refractivity contribution in [2.75, 3.05) is 0 Å². The Morgan fingerprint density at radius 1 is 1.00 bits per heavy atom. The van der Waals surface area contributed by atoms with Crippen molar-refractivity contribution in [2.24, 2.45) is 5.92 Å². The maximum Gasteiger partial charge on any atom is 0.461 e. The fourth-order valence-corrected chi connectivity index (χ4v) is 4.84. The lowest BCUT2D eigenvalue weighted by molar-refractivity contribution is -0.253. The Kier molecular flexibility index (Phi) is 8.89. The number of halogens is 7. The number of unbranched alkanes of at least 4 members (excludes halogenated alkanes) is 2. The average molecular weight is 520 g/mol. The normalized spacial score (nSPS) is 18.5. The number of benzene rings is 2. The number of aromatic carboxylic acids is 1. The lowest BCUT2D eigenvalue weighted by Gasteiger charge is -2.31. The molecule has 1 aliphatic rings. The second-order valence-electron chi connectivity index (χ2n) is 9.11. The van der Waals surface area contributed by atoms with Crippen LogP contribution in [-0.2, 0) is 0 Å². The zero-order valence-electron chi connectivity index (χ0n) is 19.6. The van der Waals surface area contributed by atoms with E-state index in [0.29, 0.717) is 31.6 Å². The smallest absolute Gasteiger partial charge is 0.461 e. The van der Waals surface area contributed by atoms with Gasteiger partial charge < -0.3 is 9.84 Å². The van der Waals surface area contributed by atoms with Gasteiger partial charge in [-0.1, -0.05) is 44.7 Å². The molecule has 0 bridgehead atoms. The van der Waals surface area contributed by atoms with E-state index in [0.717, 1.165) is 49.9 Å². The highest BCUT2D eigenvalue weighted by molar-refractivity contribution is 5.91. The lowest BCUT2D eigenvalue weighted by atomic mass is 9.74. The van der Waals surface area contributed by atoms with E-state index in [9.17, 15) is 31.9 Å². The minimum atomic E-state index is -4.77. The largest absolute Gasteiger partial charge is 0.477 e. The summed E-state index contributed by atoms with van der Waals surface area (Å²) in [5.41, 5.74) is -2.40. The van der Waals surface area contributed by atoms with E-state index in [1.807, 2.05) is 0 Å². The first kappa shape index (κ1) is 27.8. The number of hydrogen-bond donors (Lipinski definition) is 1. The Morgan fingerprint density at radius 2 is 1.61 bits per heavy atom. The summed E-state index contributed by atoms with van der Waals surface area (Å²) in [6.45, 7) is 2.09. The van der Waals surface area contributed by atoms with Crippen LogP contribution < -0.4 is 4.74 Å². The number of carboxylic acid groups (broad SMARTS) is 1. The average Bonchev–Trinajstić information content (AvgIpc) is 2.82. The van der Waals surface area contributed by atoms with Gasteiger partial charge in [-0.25, -0.2) is 18.0 Å². The minimum absolute atomic E-state index is 0.123. The van der Waals surface area contributed by atoms with Crippen LogP contribution in [0.1, 0.15) is 80.1 Å². The molecule has 0 aliphatic heterocycles. The molecular formula is C26H27F7O3. The number of hydrogen-bond acceptors (Lipinski definition) is 2. The molecule has 1 aliphatic carbocycles. The van der Waals surface area contributed by atoms with Gasteiger partial charge in [0.1, 0.15) is 17.1 Å². The van der Waals surface area contributed by atoms with Crippen LogP contribution in [0.2, 0.25) is 0 Å². The fraction of sp³-hybridized carbons (Fsp3) is 0.500. The molecule has 0 saturated heterocycles. The Bertz CT molecular complexity index is 1060. The van der Waals surface area contributed by atoms with E-state index in [1.54, 1.807) is 0 Å². The van der Waals surface area contributed by atoms with Crippen molar-refractivity contribution < 1.29 is 45.4 Å². The Morgan fingerprint density at radius 3 is 2.14 bits per heavy atom. The molecule has 198 valence electrons. The van der Waals surface area contributed by atoms with Gasteiger partial charge in [0.05, 0.1) is 0 Å². The van der Waals surface area contributed by atoms with Crippen LogP contribution in [0.3, 0.4) is 0 Å². The van der Waals surface area contributed by atoms with Crippen LogP contribution in [0.25, 0.3) is 11.1 Å². The van der Waals surface area contributed by atoms with Gasteiger partial charge in [0.25, 0.3) is 0 Å². The van der Waals surface area contributed by atoms with Gasteiger partial charge in [0.2, 0.25) is 0 Å². The lowest BCUT2D eigenvalue weighted by Crippen LogP contribution is -2.33. The van der Waals surface area contributed by atoms with E-state index < -0.39 is 58.7 Å². The highest BCUT2D eigenvalue weighted by Crippen LogP contribution is 2.45. The van der Waals surface area contributed by atoms with Crippen LogP contribution in [0.4, 0.5) is 30.7 Å². The summed E-state index contributed by atoms with van der Waals surface area (Å²) in [6, 6.07) is 3.72. The van der Waals surface area contributed by atoms with Crippen LogP contribution in [0.15, 0.2) is 24.3 Å². The maximum absolute atomic E-state index is 15.4. The molecule has 3 nitrogen and oxygen atoms in total. The molecule has 0 aromatic heterocycles. The quantitative estimate of drug-likeness (QED) is 0.194. The van der Waals surface area contributed by atoms with Gasteiger partial charge in [0.15, 0.2) is 11.6 Å². The number of ether oxygens (including phenoxy) is 1. The first-order valence-electron chi connectivity index (χ1n) is 11.9. The van der Waals surface area contributed by atoms with Gasteiger partial charge in [0, 0.05) is 11.1 Å². The summed E-state index contributed by atoms with van der Waals surface area (Å²) >= 11 is 0. The van der Waals surface area contributed by atoms with E-state index in [2.05, 4.69) is 11.7 Å². The minimum Gasteiger partial charge on any atom is -0.477 e. The van der Waals surface area contributed by atoms with Crippen molar-refractivity contribution in [3.63, 3.8) is 0 Å². The molecule has 10 heteroatoms. The Balaban J connectivity index is 2.00. The van der Waals surface area contributed by atoms with Crippen molar-refractivity contribution in [1.29, 1.82) is 0 Å². The number of carbonyl (C=O) groups is 1. The van der Waals surface area contributed by atoms with Crippen molar-refractivity contribution in [2.45, 2.75) is 76.7 Å². The fourth-order valence-electron chi connectivity index (χ4n) is 4.84. The summed E-state index contributed by atoms with van der Waals surface area (Å²) in [7, 11) is 0. The monoisotopic (exact) mass is 520 g/mol. The molecule has 2 aromatic rings. The topological polar surface area (TPSA) is 46.5 Å². The molecule has 0 spiro atoms. The second kappa shape index (κ2) is 11.5. The summed E-state index contributed by atoms with van der Waals surface area (Å²) in [6.07, 6.45) is -2.34. The maximum atomic E-state index is 15.4. The predicted molar refractivity (Wildman–Crippen MR) is 119 cm³/mol. The summed E-state index contributed by atoms with van der Waals surface area (Å²) in [4.78, 5) is 11.5. The van der Waals surface area contributed by atoms with Crippen molar-refractivity contribution in [3.05, 3.63) is 52.8 Å². The van der Waals surface area contributed by atoms with Gasteiger partial charge in [-0.2, -0.15) is 17.6 Å². The highest BCUT2D eigenvalue weighted by atomic mass is 19.3. The third-order valence-electron chi connectivity index (χ3n) is 6.69. The van der Waals surface area contributed by atoms with Crippen molar-refractivity contribution >= 4 is 5.97 Å². The molecular weight excluding hydrogens is 493 g/mol. The van der Waals surface area contributed by atoms with Gasteiger partial charge in [-0.15, -0.1) is 0 Å². The first-order chi connectivity index (χ1) is 17.0. The van der Waals surface area contributed by atoms with Gasteiger partial charge in [-0.05, 0) is 55.2 Å². The molecule has 1 saturated carbocycles. The van der Waals surface area contributed by atoms with Crippen LogP contribution in [0, 0.1) is 23.4 Å². The molecule has 1 N–H and O–H groups in total. The van der Waals surface area contributed by atoms with E-state index in [4.69, 9.17) is 0 Å². The zero-order valence-corrected chi connectivity index (χ0v) is 19.6. The van der Waals surface area contributed by atoms with Crippen LogP contribution in [0.5, 0.6) is 5.75 Å². The Labute approximate surface area is 204 Å². The van der Waals surface area contributed by atoms with Crippen molar-refractivity contribution in [3.8, 4) is 16.9 Å². The number of alkyl halides is 4. The molecule has 0 atom stereocenters. The summed E-state index contributed by atoms with van der Waals surface area (Å²) < 4.78 is 101. The zero-order chi connectivity index (χ0) is 26.6. The molecule has 1 fully saturated rings. The predicted octanol–water partition coefficient (Wildman–Crippen LogP) is 8.56. The van der Waals surface area contributed by atoms with Gasteiger partial charge in [-0.3, -0.25) is 0 Å². The van der Waals surface area contributed by atoms with Gasteiger partial charge >= 0.3 is 18.5 Å². The first-order valence-corrected chi connectivity index (χ1v) is 11.9. The molecule has 3 rings (SSSR count). The third kappa shape index (κ3) is 5.95. The molecule has 0 radical (unpaired) electrons. The second-order valence-corrected chi connectivity index (χ2v) is 9.11. The highest BCUT2D eigenvalue weighted by Gasteiger charge is 2.44. The van der Waals surface area contributed by atoms with E-state index >= 15 is 8.78 Å². The molecule has 36 heavy (non-hydrogen) atoms.